The number of hydrogen-bond acceptors (Lipinski definition) is 3. The molecular weight excluding hydrogens is 244 g/mol. The van der Waals surface area contributed by atoms with Gasteiger partial charge in [-0.05, 0) is 18.8 Å². The number of amides is 1. The molecule has 0 spiro atoms. The summed E-state index contributed by atoms with van der Waals surface area (Å²) in [4.78, 5) is 25.3. The molecule has 1 aliphatic carbocycles. The number of carboxylic acid groups (broad SMARTS) is 1. The van der Waals surface area contributed by atoms with Crippen LogP contribution in [0.15, 0.2) is 0 Å². The number of carboxylic acids is 1. The second-order valence-corrected chi connectivity index (χ2v) is 5.95. The molecule has 2 fully saturated rings. The van der Waals surface area contributed by atoms with Crippen molar-refractivity contribution in [1.29, 1.82) is 0 Å². The van der Waals surface area contributed by atoms with Crippen LogP contribution in [0, 0.1) is 5.92 Å². The third-order valence-corrected chi connectivity index (χ3v) is 4.26. The smallest absolute Gasteiger partial charge is 0.305 e. The Morgan fingerprint density at radius 1 is 1.37 bits per heavy atom. The molecule has 2 unspecified atom stereocenters. The number of nitrogens with zero attached hydrogens (tertiary/aromatic N) is 1. The van der Waals surface area contributed by atoms with Crippen molar-refractivity contribution in [3.8, 4) is 0 Å². The Kier molecular flexibility index (Phi) is 4.80. The maximum atomic E-state index is 12.1. The van der Waals surface area contributed by atoms with Gasteiger partial charge in [-0.2, -0.15) is 0 Å². The fourth-order valence-electron chi connectivity index (χ4n) is 3.29. The molecule has 0 radical (unpaired) electrons. The second-order valence-electron chi connectivity index (χ2n) is 5.95. The molecule has 1 saturated heterocycles. The summed E-state index contributed by atoms with van der Waals surface area (Å²) in [7, 11) is 0. The fraction of sp³-hybridized carbons (Fsp3) is 0.857. The molecule has 0 bridgehead atoms. The summed E-state index contributed by atoms with van der Waals surface area (Å²) in [5, 5.41) is 11.9. The Bertz CT molecular complexity index is 340. The molecule has 5 nitrogen and oxygen atoms in total. The van der Waals surface area contributed by atoms with Crippen LogP contribution in [0.25, 0.3) is 0 Å². The molecular formula is C14H24N2O3. The predicted molar refractivity (Wildman–Crippen MR) is 71.8 cm³/mol. The van der Waals surface area contributed by atoms with Crippen LogP contribution >= 0.6 is 0 Å². The maximum absolute atomic E-state index is 12.1. The van der Waals surface area contributed by atoms with Gasteiger partial charge in [0.15, 0.2) is 0 Å². The highest BCUT2D eigenvalue weighted by atomic mass is 16.4. The van der Waals surface area contributed by atoms with Crippen LogP contribution in [0.3, 0.4) is 0 Å². The van der Waals surface area contributed by atoms with E-state index in [1.807, 2.05) is 0 Å². The van der Waals surface area contributed by atoms with Crippen molar-refractivity contribution in [2.24, 2.45) is 5.92 Å². The zero-order valence-electron chi connectivity index (χ0n) is 11.6. The first-order valence-corrected chi connectivity index (χ1v) is 7.33. The minimum absolute atomic E-state index is 0.0882. The number of aliphatic carboxylic acids is 1. The SMILES string of the molecule is CC1CNC(=O)C(CC(=O)O)N(C2CCCCC2)C1. The average molecular weight is 268 g/mol. The Hall–Kier alpha value is -1.10. The van der Waals surface area contributed by atoms with Crippen LogP contribution < -0.4 is 5.32 Å². The lowest BCUT2D eigenvalue weighted by atomic mass is 9.92. The summed E-state index contributed by atoms with van der Waals surface area (Å²) >= 11 is 0. The molecule has 19 heavy (non-hydrogen) atoms. The van der Waals surface area contributed by atoms with Crippen molar-refractivity contribution >= 4 is 11.9 Å². The van der Waals surface area contributed by atoms with Gasteiger partial charge in [0, 0.05) is 19.1 Å². The largest absolute Gasteiger partial charge is 0.481 e. The lowest BCUT2D eigenvalue weighted by Crippen LogP contribution is -2.50. The predicted octanol–water partition coefficient (Wildman–Crippen LogP) is 1.23. The second kappa shape index (κ2) is 6.37. The van der Waals surface area contributed by atoms with Gasteiger partial charge in [0.25, 0.3) is 0 Å². The average Bonchev–Trinajstić information content (AvgIpc) is 2.52. The summed E-state index contributed by atoms with van der Waals surface area (Å²) < 4.78 is 0. The van der Waals surface area contributed by atoms with E-state index in [2.05, 4.69) is 17.1 Å². The van der Waals surface area contributed by atoms with Gasteiger partial charge in [0.2, 0.25) is 5.91 Å². The summed E-state index contributed by atoms with van der Waals surface area (Å²) in [5.74, 6) is -0.627. The van der Waals surface area contributed by atoms with Crippen molar-refractivity contribution in [3.05, 3.63) is 0 Å². The molecule has 1 amide bonds. The molecule has 1 aliphatic heterocycles. The first kappa shape index (κ1) is 14.3. The van der Waals surface area contributed by atoms with Crippen molar-refractivity contribution in [1.82, 2.24) is 10.2 Å². The summed E-state index contributed by atoms with van der Waals surface area (Å²) in [6, 6.07) is -0.116. The van der Waals surface area contributed by atoms with E-state index in [0.717, 1.165) is 19.4 Å². The molecule has 0 aromatic rings. The summed E-state index contributed by atoms with van der Waals surface area (Å²) in [5.41, 5.74) is 0. The Balaban J connectivity index is 2.15. The van der Waals surface area contributed by atoms with Crippen molar-refractivity contribution in [2.45, 2.75) is 57.5 Å². The number of carbonyl (C=O) groups is 2. The quantitative estimate of drug-likeness (QED) is 0.807. The van der Waals surface area contributed by atoms with Crippen molar-refractivity contribution in [2.75, 3.05) is 13.1 Å². The van der Waals surface area contributed by atoms with E-state index in [9.17, 15) is 9.59 Å². The molecule has 0 aromatic carbocycles. The zero-order chi connectivity index (χ0) is 13.8. The molecule has 2 aliphatic rings. The van der Waals surface area contributed by atoms with Gasteiger partial charge < -0.3 is 10.4 Å². The number of rotatable bonds is 3. The minimum atomic E-state index is -0.893. The van der Waals surface area contributed by atoms with Gasteiger partial charge in [0.05, 0.1) is 12.5 Å². The summed E-state index contributed by atoms with van der Waals surface area (Å²) in [6.45, 7) is 3.58. The number of carbonyl (C=O) groups excluding carboxylic acids is 1. The van der Waals surface area contributed by atoms with E-state index in [1.54, 1.807) is 0 Å². The highest BCUT2D eigenvalue weighted by Crippen LogP contribution is 2.27. The highest BCUT2D eigenvalue weighted by molar-refractivity contribution is 5.86. The molecule has 1 saturated carbocycles. The van der Waals surface area contributed by atoms with E-state index in [1.165, 1.54) is 19.3 Å². The van der Waals surface area contributed by atoms with Gasteiger partial charge in [-0.3, -0.25) is 14.5 Å². The third kappa shape index (κ3) is 3.69. The Labute approximate surface area is 114 Å². The molecule has 5 heteroatoms. The zero-order valence-corrected chi connectivity index (χ0v) is 11.6. The molecule has 2 atom stereocenters. The normalized spacial score (nSPS) is 30.7. The van der Waals surface area contributed by atoms with E-state index in [0.29, 0.717) is 18.5 Å². The van der Waals surface area contributed by atoms with E-state index in [-0.39, 0.29) is 12.3 Å². The first-order valence-electron chi connectivity index (χ1n) is 7.33. The van der Waals surface area contributed by atoms with Gasteiger partial charge in [-0.1, -0.05) is 26.2 Å². The number of hydrogen-bond donors (Lipinski definition) is 2. The van der Waals surface area contributed by atoms with Crippen molar-refractivity contribution < 1.29 is 14.7 Å². The van der Waals surface area contributed by atoms with Crippen molar-refractivity contribution in [3.63, 3.8) is 0 Å². The van der Waals surface area contributed by atoms with E-state index >= 15 is 0 Å². The first-order chi connectivity index (χ1) is 9.08. The highest BCUT2D eigenvalue weighted by Gasteiger charge is 2.36. The standard InChI is InChI=1S/C14H24N2O3/c1-10-8-15-14(19)12(7-13(17)18)16(9-10)11-5-3-2-4-6-11/h10-12H,2-9H2,1H3,(H,15,19)(H,17,18). The van der Waals surface area contributed by atoms with Crippen LogP contribution in [0.1, 0.15) is 45.4 Å². The maximum Gasteiger partial charge on any atom is 0.305 e. The van der Waals surface area contributed by atoms with Crippen LogP contribution in [-0.2, 0) is 9.59 Å². The Morgan fingerprint density at radius 3 is 2.68 bits per heavy atom. The monoisotopic (exact) mass is 268 g/mol. The van der Waals surface area contributed by atoms with Crippen LogP contribution in [0.2, 0.25) is 0 Å². The molecule has 108 valence electrons. The lowest BCUT2D eigenvalue weighted by Gasteiger charge is -2.38. The number of nitrogens with one attached hydrogen (secondary N) is 1. The van der Waals surface area contributed by atoms with Gasteiger partial charge in [-0.15, -0.1) is 0 Å². The van der Waals surface area contributed by atoms with E-state index < -0.39 is 12.0 Å². The lowest BCUT2D eigenvalue weighted by molar-refractivity contribution is -0.142. The van der Waals surface area contributed by atoms with Gasteiger partial charge in [0.1, 0.15) is 0 Å². The fourth-order valence-corrected chi connectivity index (χ4v) is 3.29. The molecule has 2 N–H and O–H groups in total. The summed E-state index contributed by atoms with van der Waals surface area (Å²) in [6.07, 6.45) is 5.74. The molecule has 2 rings (SSSR count). The van der Waals surface area contributed by atoms with Gasteiger partial charge >= 0.3 is 5.97 Å². The molecule has 0 aromatic heterocycles. The minimum Gasteiger partial charge on any atom is -0.481 e. The van der Waals surface area contributed by atoms with Gasteiger partial charge in [-0.25, -0.2) is 0 Å². The molecule has 1 heterocycles. The van der Waals surface area contributed by atoms with Crippen LogP contribution in [0.4, 0.5) is 0 Å². The third-order valence-electron chi connectivity index (χ3n) is 4.26. The topological polar surface area (TPSA) is 69.6 Å². The van der Waals surface area contributed by atoms with E-state index in [4.69, 9.17) is 5.11 Å². The van der Waals surface area contributed by atoms with Crippen LogP contribution in [-0.4, -0.2) is 47.1 Å². The Morgan fingerprint density at radius 2 is 2.05 bits per heavy atom. The van der Waals surface area contributed by atoms with Crippen LogP contribution in [0.5, 0.6) is 0 Å².